The first kappa shape index (κ1) is 39.5. The van der Waals surface area contributed by atoms with Gasteiger partial charge in [0, 0.05) is 71.9 Å². The smallest absolute Gasteiger partial charge is 0.370 e. The van der Waals surface area contributed by atoms with Crippen LogP contribution in [0.15, 0.2) is 133 Å². The molecule has 2 aliphatic carbocycles. The summed E-state index contributed by atoms with van der Waals surface area (Å²) in [6.45, 7) is 17.1. The van der Waals surface area contributed by atoms with E-state index in [0.717, 1.165) is 10.2 Å². The second kappa shape index (κ2) is 15.1. The Morgan fingerprint density at radius 2 is 0.917 bits per heavy atom. The lowest BCUT2D eigenvalue weighted by Crippen LogP contribution is -2.55. The first-order valence-electron chi connectivity index (χ1n) is 21.0. The predicted molar refractivity (Wildman–Crippen MR) is 259 cm³/mol. The Hall–Kier alpha value is -4.64. The second-order valence-electron chi connectivity index (χ2n) is 16.7. The lowest BCUT2D eigenvalue weighted by Gasteiger charge is -2.29. The van der Waals surface area contributed by atoms with Gasteiger partial charge in [0.2, 0.25) is 0 Å². The molecule has 8 aromatic rings. The van der Waals surface area contributed by atoms with Crippen molar-refractivity contribution in [2.24, 2.45) is 0 Å². The second-order valence-corrected chi connectivity index (χ2v) is 22.8. The molecule has 0 unspecified atom stereocenters. The van der Waals surface area contributed by atoms with Crippen molar-refractivity contribution in [2.75, 3.05) is 24.7 Å². The molecule has 60 heavy (non-hydrogen) atoms. The van der Waals surface area contributed by atoms with E-state index in [-0.39, 0.29) is 10.8 Å². The zero-order valence-corrected chi connectivity index (χ0v) is 38.7. The van der Waals surface area contributed by atoms with Crippen molar-refractivity contribution in [1.29, 1.82) is 0 Å². The molecule has 2 aliphatic rings. The monoisotopic (exact) mass is 859 g/mol. The topological polar surface area (TPSA) is 30.9 Å². The molecule has 0 saturated carbocycles. The van der Waals surface area contributed by atoms with Gasteiger partial charge in [-0.15, -0.1) is 34.0 Å². The van der Waals surface area contributed by atoms with Crippen LogP contribution in [0.3, 0.4) is 0 Å². The number of hydrogen-bond donors (Lipinski definition) is 0. The van der Waals surface area contributed by atoms with Gasteiger partial charge in [-0.25, -0.2) is 0 Å². The average molecular weight is 860 g/mol. The zero-order chi connectivity index (χ0) is 41.4. The zero-order valence-electron chi connectivity index (χ0n) is 35.2. The third kappa shape index (κ3) is 6.30. The van der Waals surface area contributed by atoms with Crippen molar-refractivity contribution in [2.45, 2.75) is 59.3 Å². The number of hydrogen-bond acceptors (Lipinski definition) is 7. The molecule has 3 aromatic heterocycles. The van der Waals surface area contributed by atoms with E-state index in [2.05, 4.69) is 166 Å². The maximum Gasteiger partial charge on any atom is 0.547 e. The van der Waals surface area contributed by atoms with Crippen molar-refractivity contribution in [1.82, 2.24) is 0 Å². The summed E-state index contributed by atoms with van der Waals surface area (Å²) < 4.78 is 21.0. The number of thiophene rings is 3. The van der Waals surface area contributed by atoms with Gasteiger partial charge in [-0.3, -0.25) is 0 Å². The van der Waals surface area contributed by atoms with E-state index in [1.165, 1.54) is 85.5 Å². The summed E-state index contributed by atoms with van der Waals surface area (Å²) in [6.07, 6.45) is 0. The summed E-state index contributed by atoms with van der Waals surface area (Å²) in [4.78, 5) is 7.46. The minimum Gasteiger partial charge on any atom is -0.370 e. The van der Waals surface area contributed by atoms with Crippen LogP contribution < -0.4 is 9.40 Å². The molecule has 8 heteroatoms. The molecule has 0 fully saturated rings. The number of anilines is 3. The number of nitrogens with zero attached hydrogens (tertiary/aromatic N) is 1. The van der Waals surface area contributed by atoms with Gasteiger partial charge in [-0.1, -0.05) is 94.4 Å². The minimum absolute atomic E-state index is 0.104. The fraction of sp³-hybridized carbons (Fsp3) is 0.231. The molecule has 302 valence electrons. The lowest BCUT2D eigenvalue weighted by molar-refractivity contribution is 0.0866. The van der Waals surface area contributed by atoms with Crippen LogP contribution in [0.25, 0.3) is 51.8 Å². The summed E-state index contributed by atoms with van der Waals surface area (Å²) in [5, 5.41) is 1.25. The summed E-state index contributed by atoms with van der Waals surface area (Å²) >= 11 is 5.43. The van der Waals surface area contributed by atoms with Gasteiger partial charge >= 0.3 is 8.80 Å². The van der Waals surface area contributed by atoms with E-state index in [1.54, 1.807) is 11.3 Å². The first-order valence-corrected chi connectivity index (χ1v) is 25.2. The molecule has 0 bridgehead atoms. The van der Waals surface area contributed by atoms with Crippen LogP contribution in [-0.2, 0) is 24.1 Å². The highest BCUT2D eigenvalue weighted by atomic mass is 32.1. The van der Waals surface area contributed by atoms with Crippen LogP contribution in [0.1, 0.15) is 70.7 Å². The first-order chi connectivity index (χ1) is 29.1. The Balaban J connectivity index is 1.04. The normalized spacial score (nSPS) is 14.6. The predicted octanol–water partition coefficient (Wildman–Crippen LogP) is 14.7. The van der Waals surface area contributed by atoms with Gasteiger partial charge in [-0.2, -0.15) is 0 Å². The van der Waals surface area contributed by atoms with E-state index < -0.39 is 8.80 Å². The van der Waals surface area contributed by atoms with Crippen LogP contribution in [-0.4, -0.2) is 28.6 Å². The quantitative estimate of drug-likeness (QED) is 0.115. The van der Waals surface area contributed by atoms with Gasteiger partial charge in [0.15, 0.2) is 0 Å². The van der Waals surface area contributed by atoms with Gasteiger partial charge in [0.1, 0.15) is 0 Å². The molecule has 0 aliphatic heterocycles. The number of fused-ring (bicyclic) bond motifs is 7. The molecule has 0 radical (unpaired) electrons. The lowest BCUT2D eigenvalue weighted by atomic mass is 9.82. The third-order valence-electron chi connectivity index (χ3n) is 12.4. The highest BCUT2D eigenvalue weighted by Crippen LogP contribution is 2.53. The Bertz CT molecular complexity index is 2790. The number of rotatable bonds is 12. The number of benzene rings is 5. The van der Waals surface area contributed by atoms with E-state index in [4.69, 9.17) is 13.3 Å². The van der Waals surface area contributed by atoms with Crippen molar-refractivity contribution in [3.8, 4) is 41.8 Å². The summed E-state index contributed by atoms with van der Waals surface area (Å²) in [5.41, 5.74) is 14.1. The molecule has 0 saturated heterocycles. The van der Waals surface area contributed by atoms with Crippen molar-refractivity contribution in [3.63, 3.8) is 0 Å². The van der Waals surface area contributed by atoms with Crippen LogP contribution >= 0.6 is 34.0 Å². The standard InChI is InChI=1S/C52H49NO3S3Si/c1-8-54-60(55-9-2,56-10-3)50-28-27-46(59-50)45-25-26-47(57-45)49-29-33-19-20-36(32-48(33)58-49)53(34-21-23-39-37-15-11-13-17-41(37)51(4,5)43(39)30-34)35-22-24-40-38-16-12-14-18-42(38)52(6,7)44(40)31-35/h11-32H,8-10H2,1-7H3. The summed E-state index contributed by atoms with van der Waals surface area (Å²) in [7, 11) is -2.96. The molecular formula is C52H49NO3S3Si. The summed E-state index contributed by atoms with van der Waals surface area (Å²) in [5.74, 6) is 0. The van der Waals surface area contributed by atoms with Crippen LogP contribution in [0.2, 0.25) is 0 Å². The van der Waals surface area contributed by atoms with E-state index in [9.17, 15) is 0 Å². The third-order valence-corrected chi connectivity index (χ3v) is 19.7. The molecule has 4 nitrogen and oxygen atoms in total. The Morgan fingerprint density at radius 3 is 1.48 bits per heavy atom. The van der Waals surface area contributed by atoms with Crippen molar-refractivity contribution in [3.05, 3.63) is 156 Å². The SMILES string of the molecule is CCO[Si](OCC)(OCC)c1ccc(-c2ccc(-c3cc4ccc(N(c5ccc6c(c5)C(C)(C)c5ccccc5-6)c5ccc6c(c5)C(C)(C)c5ccccc5-6)cc4s3)s2)s1. The minimum atomic E-state index is -2.96. The molecule has 0 N–H and O–H groups in total. The van der Waals surface area contributed by atoms with E-state index in [0.29, 0.717) is 19.8 Å². The molecule has 3 heterocycles. The molecular weight excluding hydrogens is 811 g/mol. The molecule has 10 rings (SSSR count). The van der Waals surface area contributed by atoms with Gasteiger partial charge in [0.25, 0.3) is 0 Å². The molecule has 5 aromatic carbocycles. The Morgan fingerprint density at radius 1 is 0.450 bits per heavy atom. The maximum atomic E-state index is 6.23. The van der Waals surface area contributed by atoms with Crippen LogP contribution in [0, 0.1) is 0 Å². The summed E-state index contributed by atoms with van der Waals surface area (Å²) in [6, 6.07) is 50.2. The van der Waals surface area contributed by atoms with Crippen LogP contribution in [0.5, 0.6) is 0 Å². The Kier molecular flexibility index (Phi) is 9.91. The Labute approximate surface area is 367 Å². The van der Waals surface area contributed by atoms with E-state index in [1.807, 2.05) is 43.4 Å². The van der Waals surface area contributed by atoms with Crippen molar-refractivity contribution < 1.29 is 13.3 Å². The highest BCUT2D eigenvalue weighted by Gasteiger charge is 2.45. The fourth-order valence-electron chi connectivity index (χ4n) is 9.54. The van der Waals surface area contributed by atoms with Crippen molar-refractivity contribution >= 4 is 74.5 Å². The van der Waals surface area contributed by atoms with E-state index >= 15 is 0 Å². The van der Waals surface area contributed by atoms with Crippen LogP contribution in [0.4, 0.5) is 17.1 Å². The largest absolute Gasteiger partial charge is 0.547 e. The highest BCUT2D eigenvalue weighted by molar-refractivity contribution is 7.31. The van der Waals surface area contributed by atoms with Gasteiger partial charge in [-0.05, 0) is 137 Å². The fourth-order valence-corrected chi connectivity index (χ4v) is 16.0. The molecule has 0 atom stereocenters. The molecule has 0 amide bonds. The molecule has 0 spiro atoms. The average Bonchev–Trinajstić information content (AvgIpc) is 4.09. The van der Waals surface area contributed by atoms with Gasteiger partial charge in [0.05, 0.1) is 4.50 Å². The maximum absolute atomic E-state index is 6.23. The van der Waals surface area contributed by atoms with Gasteiger partial charge < -0.3 is 18.2 Å².